The molecule has 116 valence electrons. The number of allylic oxidation sites excluding steroid dienone is 2. The van der Waals surface area contributed by atoms with Gasteiger partial charge in [0.25, 0.3) is 0 Å². The summed E-state index contributed by atoms with van der Waals surface area (Å²) in [6.07, 6.45) is 7.98. The smallest absolute Gasteiger partial charge is 0.303 e. The molecule has 0 aromatic rings. The lowest BCUT2D eigenvalue weighted by Gasteiger charge is -2.19. The van der Waals surface area contributed by atoms with Crippen LogP contribution in [-0.2, 0) is 4.79 Å². The van der Waals surface area contributed by atoms with E-state index in [1.54, 1.807) is 6.08 Å². The van der Waals surface area contributed by atoms with Crippen LogP contribution in [0.2, 0.25) is 0 Å². The van der Waals surface area contributed by atoms with Gasteiger partial charge in [0, 0.05) is 24.8 Å². The molecule has 1 fully saturated rings. The van der Waals surface area contributed by atoms with Crippen molar-refractivity contribution in [2.75, 3.05) is 0 Å². The highest BCUT2D eigenvalue weighted by Crippen LogP contribution is 2.36. The van der Waals surface area contributed by atoms with Crippen molar-refractivity contribution in [3.63, 3.8) is 0 Å². The van der Waals surface area contributed by atoms with Crippen LogP contribution in [0.3, 0.4) is 0 Å². The number of carboxylic acid groups (broad SMARTS) is 1. The van der Waals surface area contributed by atoms with Crippen LogP contribution in [0.4, 0.5) is 0 Å². The van der Waals surface area contributed by atoms with Crippen LogP contribution in [0.1, 0.15) is 32.1 Å². The lowest BCUT2D eigenvalue weighted by Crippen LogP contribution is -2.20. The highest BCUT2D eigenvalue weighted by Gasteiger charge is 2.39. The van der Waals surface area contributed by atoms with Crippen molar-refractivity contribution in [2.45, 2.75) is 50.3 Å². The van der Waals surface area contributed by atoms with Crippen LogP contribution in [0.15, 0.2) is 24.3 Å². The van der Waals surface area contributed by atoms with Gasteiger partial charge in [-0.1, -0.05) is 24.3 Å². The lowest BCUT2D eigenvalue weighted by atomic mass is 9.88. The third-order valence-electron chi connectivity index (χ3n) is 3.78. The average Bonchev–Trinajstić information content (AvgIpc) is 2.65. The summed E-state index contributed by atoms with van der Waals surface area (Å²) >= 11 is 0. The summed E-state index contributed by atoms with van der Waals surface area (Å²) in [7, 11) is 5.24. The summed E-state index contributed by atoms with van der Waals surface area (Å²) < 4.78 is 0. The first kappa shape index (κ1) is 17.9. The normalized spacial score (nSPS) is 31.2. The number of rotatable bonds is 8. The van der Waals surface area contributed by atoms with Gasteiger partial charge in [0.05, 0.1) is 12.2 Å². The Morgan fingerprint density at radius 2 is 2.00 bits per heavy atom. The van der Waals surface area contributed by atoms with Gasteiger partial charge in [0.1, 0.15) is 7.85 Å². The molecule has 0 bridgehead atoms. The predicted octanol–water partition coefficient (Wildman–Crippen LogP) is 0.589. The van der Waals surface area contributed by atoms with Gasteiger partial charge >= 0.3 is 5.97 Å². The fraction of sp³-hybridized carbons (Fsp3) is 0.667. The molecule has 0 spiro atoms. The third kappa shape index (κ3) is 6.46. The molecule has 0 saturated heterocycles. The van der Waals surface area contributed by atoms with E-state index >= 15 is 0 Å². The van der Waals surface area contributed by atoms with Crippen LogP contribution in [0.25, 0.3) is 0 Å². The molecule has 2 unspecified atom stereocenters. The molecule has 1 rings (SSSR count). The molecule has 21 heavy (non-hydrogen) atoms. The maximum absolute atomic E-state index is 10.4. The number of aliphatic carboxylic acids is 1. The molecule has 1 aliphatic rings. The molecular formula is C15H23BO5. The van der Waals surface area contributed by atoms with Gasteiger partial charge in [-0.05, 0) is 25.2 Å². The standard InChI is InChI=1S/C15H23BO5/c16-14(19)8-7-11-10(12(17)9-13(11)18)5-3-1-2-4-6-15(20)21/h1,3,7-8,10-14,17-19H,2,4-6,9H2,(H,20,21)/b3-1-,8-7+/t10-,11-,12?,13-,14?/m1/s1. The van der Waals surface area contributed by atoms with E-state index in [9.17, 15) is 15.0 Å². The van der Waals surface area contributed by atoms with E-state index in [4.69, 9.17) is 18.1 Å². The summed E-state index contributed by atoms with van der Waals surface area (Å²) in [5, 5.41) is 37.5. The largest absolute Gasteiger partial charge is 0.481 e. The molecule has 2 radical (unpaired) electrons. The molecule has 5 nitrogen and oxygen atoms in total. The van der Waals surface area contributed by atoms with E-state index in [1.807, 2.05) is 12.2 Å². The van der Waals surface area contributed by atoms with E-state index in [0.29, 0.717) is 25.7 Å². The first-order chi connectivity index (χ1) is 9.91. The molecule has 0 heterocycles. The Balaban J connectivity index is 2.46. The summed E-state index contributed by atoms with van der Waals surface area (Å²) in [6.45, 7) is 0. The van der Waals surface area contributed by atoms with E-state index in [0.717, 1.165) is 0 Å². The zero-order valence-electron chi connectivity index (χ0n) is 12.0. The summed E-state index contributed by atoms with van der Waals surface area (Å²) in [5.41, 5.74) is 0. The molecule has 0 aromatic carbocycles. The number of carboxylic acids is 1. The minimum absolute atomic E-state index is 0.120. The van der Waals surface area contributed by atoms with Gasteiger partial charge in [-0.25, -0.2) is 0 Å². The Hall–Kier alpha value is -1.11. The molecule has 4 N–H and O–H groups in total. The summed E-state index contributed by atoms with van der Waals surface area (Å²) in [6, 6.07) is -1.07. The second-order valence-corrected chi connectivity index (χ2v) is 5.48. The first-order valence-corrected chi connectivity index (χ1v) is 7.26. The quantitative estimate of drug-likeness (QED) is 0.298. The van der Waals surface area contributed by atoms with Crippen molar-refractivity contribution in [2.24, 2.45) is 11.8 Å². The number of hydrogen-bond donors (Lipinski definition) is 4. The Morgan fingerprint density at radius 1 is 1.29 bits per heavy atom. The highest BCUT2D eigenvalue weighted by molar-refractivity contribution is 6.12. The SMILES string of the molecule is [B]C(O)/C=C/[C@H]1[C@H](O)CC(O)[C@@H]1C/C=C\CCCC(=O)O. The Kier molecular flexibility index (Phi) is 7.71. The summed E-state index contributed by atoms with van der Waals surface area (Å²) in [5.74, 6) is -1.16. The van der Waals surface area contributed by atoms with Crippen molar-refractivity contribution in [3.05, 3.63) is 24.3 Å². The molecule has 0 aliphatic heterocycles. The molecule has 1 aliphatic carbocycles. The van der Waals surface area contributed by atoms with Crippen molar-refractivity contribution in [3.8, 4) is 0 Å². The Morgan fingerprint density at radius 3 is 2.62 bits per heavy atom. The Bertz CT molecular complexity index is 380. The van der Waals surface area contributed by atoms with Crippen LogP contribution in [0, 0.1) is 11.8 Å². The number of carbonyl (C=O) groups is 1. The van der Waals surface area contributed by atoms with Crippen LogP contribution in [-0.4, -0.2) is 52.5 Å². The maximum atomic E-state index is 10.4. The lowest BCUT2D eigenvalue weighted by molar-refractivity contribution is -0.137. The van der Waals surface area contributed by atoms with Crippen molar-refractivity contribution >= 4 is 13.8 Å². The second-order valence-electron chi connectivity index (χ2n) is 5.48. The van der Waals surface area contributed by atoms with Crippen LogP contribution >= 0.6 is 0 Å². The molecule has 0 amide bonds. The molecule has 0 aromatic heterocycles. The van der Waals surface area contributed by atoms with E-state index in [1.165, 1.54) is 6.08 Å². The van der Waals surface area contributed by atoms with Gasteiger partial charge in [-0.3, -0.25) is 4.79 Å². The van der Waals surface area contributed by atoms with Gasteiger partial charge in [-0.2, -0.15) is 0 Å². The first-order valence-electron chi connectivity index (χ1n) is 7.26. The van der Waals surface area contributed by atoms with Crippen molar-refractivity contribution in [1.82, 2.24) is 0 Å². The fourth-order valence-corrected chi connectivity index (χ4v) is 2.69. The molecule has 5 atom stereocenters. The molecule has 6 heteroatoms. The highest BCUT2D eigenvalue weighted by atomic mass is 16.4. The zero-order chi connectivity index (χ0) is 15.8. The topological polar surface area (TPSA) is 98.0 Å². The van der Waals surface area contributed by atoms with Crippen molar-refractivity contribution in [1.29, 1.82) is 0 Å². The van der Waals surface area contributed by atoms with Gasteiger partial charge in [0.2, 0.25) is 0 Å². The van der Waals surface area contributed by atoms with E-state index in [-0.39, 0.29) is 18.3 Å². The number of unbranched alkanes of at least 4 members (excludes halogenated alkanes) is 1. The van der Waals surface area contributed by atoms with Gasteiger partial charge in [-0.15, -0.1) is 0 Å². The molecule has 1 saturated carbocycles. The number of hydrogen-bond acceptors (Lipinski definition) is 4. The van der Waals surface area contributed by atoms with E-state index in [2.05, 4.69) is 0 Å². The second kappa shape index (κ2) is 9.02. The fourth-order valence-electron chi connectivity index (χ4n) is 2.69. The number of aliphatic hydroxyl groups is 3. The summed E-state index contributed by atoms with van der Waals surface area (Å²) in [4.78, 5) is 10.4. The van der Waals surface area contributed by atoms with Crippen LogP contribution < -0.4 is 0 Å². The third-order valence-corrected chi connectivity index (χ3v) is 3.78. The van der Waals surface area contributed by atoms with E-state index < -0.39 is 24.2 Å². The minimum atomic E-state index is -1.07. The van der Waals surface area contributed by atoms with Crippen molar-refractivity contribution < 1.29 is 25.2 Å². The monoisotopic (exact) mass is 294 g/mol. The Labute approximate surface area is 126 Å². The number of aliphatic hydroxyl groups excluding tert-OH is 3. The van der Waals surface area contributed by atoms with Crippen LogP contribution in [0.5, 0.6) is 0 Å². The average molecular weight is 294 g/mol. The van der Waals surface area contributed by atoms with Gasteiger partial charge < -0.3 is 20.4 Å². The zero-order valence-corrected chi connectivity index (χ0v) is 12.0. The van der Waals surface area contributed by atoms with Gasteiger partial charge in [0.15, 0.2) is 0 Å². The maximum Gasteiger partial charge on any atom is 0.303 e. The minimum Gasteiger partial charge on any atom is -0.481 e. The predicted molar refractivity (Wildman–Crippen MR) is 79.8 cm³/mol. The molecular weight excluding hydrogens is 271 g/mol.